The van der Waals surface area contributed by atoms with Gasteiger partial charge < -0.3 is 10.6 Å². The summed E-state index contributed by atoms with van der Waals surface area (Å²) < 4.78 is 0.991. The highest BCUT2D eigenvalue weighted by molar-refractivity contribution is 9.10. The minimum atomic E-state index is -0.325. The van der Waals surface area contributed by atoms with Crippen LogP contribution in [0.3, 0.4) is 0 Å². The van der Waals surface area contributed by atoms with Crippen LogP contribution in [-0.4, -0.2) is 47.0 Å². The topological polar surface area (TPSA) is 62.5 Å². The maximum atomic E-state index is 11.0. The van der Waals surface area contributed by atoms with Crippen LogP contribution in [0.1, 0.15) is 5.56 Å². The highest BCUT2D eigenvalue weighted by atomic mass is 79.9. The van der Waals surface area contributed by atoms with Crippen LogP contribution in [0.5, 0.6) is 0 Å². The van der Waals surface area contributed by atoms with E-state index in [1.807, 2.05) is 6.20 Å². The van der Waals surface area contributed by atoms with Gasteiger partial charge in [0.15, 0.2) is 0 Å². The molecule has 1 fully saturated rings. The molecule has 1 aliphatic heterocycles. The predicted octanol–water partition coefficient (Wildman–Crippen LogP) is 1.04. The van der Waals surface area contributed by atoms with Crippen LogP contribution in [0.2, 0.25) is 0 Å². The van der Waals surface area contributed by atoms with Crippen molar-refractivity contribution >= 4 is 22.0 Å². The quantitative estimate of drug-likeness (QED) is 0.887. The van der Waals surface area contributed by atoms with E-state index in [2.05, 4.69) is 31.9 Å². The van der Waals surface area contributed by atoms with Crippen LogP contribution in [0.15, 0.2) is 22.9 Å². The Kier molecular flexibility index (Phi) is 3.96. The number of piperazine rings is 1. The van der Waals surface area contributed by atoms with Crippen molar-refractivity contribution in [2.45, 2.75) is 6.54 Å². The summed E-state index contributed by atoms with van der Waals surface area (Å²) in [4.78, 5) is 19.1. The number of carbonyl (C=O) groups is 1. The Morgan fingerprint density at radius 2 is 2.06 bits per heavy atom. The van der Waals surface area contributed by atoms with Gasteiger partial charge in [-0.1, -0.05) is 0 Å². The number of rotatable bonds is 2. The van der Waals surface area contributed by atoms with Crippen molar-refractivity contribution in [3.63, 3.8) is 0 Å². The van der Waals surface area contributed by atoms with E-state index >= 15 is 0 Å². The average Bonchev–Trinajstić information content (AvgIpc) is 2.29. The second-order valence-electron chi connectivity index (χ2n) is 4.11. The van der Waals surface area contributed by atoms with E-state index < -0.39 is 0 Å². The lowest BCUT2D eigenvalue weighted by Crippen LogP contribution is -2.50. The van der Waals surface area contributed by atoms with E-state index in [-0.39, 0.29) is 6.03 Å². The van der Waals surface area contributed by atoms with Gasteiger partial charge >= 0.3 is 6.03 Å². The van der Waals surface area contributed by atoms with E-state index in [0.717, 1.165) is 24.1 Å². The molecular formula is C11H15BrN4O. The number of nitrogens with two attached hydrogens (primary N) is 1. The number of nitrogens with zero attached hydrogens (tertiary/aromatic N) is 3. The predicted molar refractivity (Wildman–Crippen MR) is 68.4 cm³/mol. The van der Waals surface area contributed by atoms with Crippen LogP contribution >= 0.6 is 15.9 Å². The van der Waals surface area contributed by atoms with Crippen molar-refractivity contribution < 1.29 is 4.79 Å². The first kappa shape index (κ1) is 12.3. The maximum Gasteiger partial charge on any atom is 0.314 e. The van der Waals surface area contributed by atoms with Crippen LogP contribution in [-0.2, 0) is 6.54 Å². The summed E-state index contributed by atoms with van der Waals surface area (Å²) in [6.45, 7) is 3.98. The number of carbonyl (C=O) groups excluding carboxylic acids is 1. The second-order valence-corrected chi connectivity index (χ2v) is 5.03. The van der Waals surface area contributed by atoms with Crippen molar-refractivity contribution in [3.05, 3.63) is 28.5 Å². The molecule has 0 radical (unpaired) electrons. The third-order valence-electron chi connectivity index (χ3n) is 2.85. The molecule has 0 aliphatic carbocycles. The summed E-state index contributed by atoms with van der Waals surface area (Å²) in [5.74, 6) is 0. The molecule has 92 valence electrons. The minimum absolute atomic E-state index is 0.325. The zero-order valence-electron chi connectivity index (χ0n) is 9.47. The molecule has 0 bridgehead atoms. The van der Waals surface area contributed by atoms with Crippen molar-refractivity contribution in [1.29, 1.82) is 0 Å². The van der Waals surface area contributed by atoms with Crippen LogP contribution in [0.25, 0.3) is 0 Å². The molecule has 1 aliphatic rings. The standard InChI is InChI=1S/C11H15BrN4O/c12-10-5-9(6-14-7-10)8-15-1-3-16(4-2-15)11(13)17/h5-7H,1-4,8H2,(H2,13,17). The molecule has 0 unspecified atom stereocenters. The number of primary amides is 1. The zero-order chi connectivity index (χ0) is 12.3. The van der Waals surface area contributed by atoms with Gasteiger partial charge in [-0.3, -0.25) is 9.88 Å². The van der Waals surface area contributed by atoms with Crippen LogP contribution < -0.4 is 5.73 Å². The van der Waals surface area contributed by atoms with E-state index in [9.17, 15) is 4.79 Å². The van der Waals surface area contributed by atoms with Crippen molar-refractivity contribution in [2.24, 2.45) is 5.73 Å². The fourth-order valence-corrected chi connectivity index (χ4v) is 2.34. The molecule has 1 aromatic heterocycles. The van der Waals surface area contributed by atoms with Gasteiger partial charge in [-0.05, 0) is 27.6 Å². The number of amides is 2. The first-order valence-corrected chi connectivity index (χ1v) is 6.30. The Morgan fingerprint density at radius 1 is 1.35 bits per heavy atom. The Bertz CT molecular complexity index is 404. The first-order valence-electron chi connectivity index (χ1n) is 5.51. The van der Waals surface area contributed by atoms with Crippen LogP contribution in [0, 0.1) is 0 Å². The molecule has 0 atom stereocenters. The Hall–Kier alpha value is -1.14. The zero-order valence-corrected chi connectivity index (χ0v) is 11.1. The number of hydrogen-bond acceptors (Lipinski definition) is 3. The first-order chi connectivity index (χ1) is 8.15. The molecule has 2 amide bonds. The van der Waals surface area contributed by atoms with Gasteiger partial charge in [-0.15, -0.1) is 0 Å². The Morgan fingerprint density at radius 3 is 2.65 bits per heavy atom. The van der Waals surface area contributed by atoms with E-state index in [1.54, 1.807) is 11.1 Å². The molecule has 0 spiro atoms. The number of urea groups is 1. The van der Waals surface area contributed by atoms with E-state index in [4.69, 9.17) is 5.73 Å². The van der Waals surface area contributed by atoms with E-state index in [1.165, 1.54) is 5.56 Å². The highest BCUT2D eigenvalue weighted by Crippen LogP contribution is 2.12. The molecule has 2 heterocycles. The maximum absolute atomic E-state index is 11.0. The smallest absolute Gasteiger partial charge is 0.314 e. The number of halogens is 1. The minimum Gasteiger partial charge on any atom is -0.351 e. The lowest BCUT2D eigenvalue weighted by atomic mass is 10.2. The Labute approximate surface area is 109 Å². The number of pyridine rings is 1. The second kappa shape index (κ2) is 5.46. The highest BCUT2D eigenvalue weighted by Gasteiger charge is 2.18. The van der Waals surface area contributed by atoms with Crippen molar-refractivity contribution in [1.82, 2.24) is 14.8 Å². The molecule has 0 saturated carbocycles. The summed E-state index contributed by atoms with van der Waals surface area (Å²) in [7, 11) is 0. The third-order valence-corrected chi connectivity index (χ3v) is 3.29. The molecule has 17 heavy (non-hydrogen) atoms. The summed E-state index contributed by atoms with van der Waals surface area (Å²) in [5, 5.41) is 0. The van der Waals surface area contributed by atoms with E-state index in [0.29, 0.717) is 13.1 Å². The lowest BCUT2D eigenvalue weighted by molar-refractivity contribution is 0.140. The fourth-order valence-electron chi connectivity index (χ4n) is 1.93. The molecule has 1 saturated heterocycles. The number of aromatic nitrogens is 1. The molecule has 6 heteroatoms. The lowest BCUT2D eigenvalue weighted by Gasteiger charge is -2.33. The Balaban J connectivity index is 1.88. The molecule has 2 rings (SSSR count). The van der Waals surface area contributed by atoms with Gasteiger partial charge in [0.1, 0.15) is 0 Å². The largest absolute Gasteiger partial charge is 0.351 e. The summed E-state index contributed by atoms with van der Waals surface area (Å²) in [6.07, 6.45) is 3.64. The fraction of sp³-hybridized carbons (Fsp3) is 0.455. The summed E-state index contributed by atoms with van der Waals surface area (Å²) in [5.41, 5.74) is 6.41. The van der Waals surface area contributed by atoms with Crippen molar-refractivity contribution in [3.8, 4) is 0 Å². The van der Waals surface area contributed by atoms with Gasteiger partial charge in [-0.2, -0.15) is 0 Å². The summed E-state index contributed by atoms with van der Waals surface area (Å²) in [6, 6.07) is 1.74. The summed E-state index contributed by atoms with van der Waals surface area (Å²) >= 11 is 3.41. The molecular weight excluding hydrogens is 284 g/mol. The molecule has 0 aromatic carbocycles. The SMILES string of the molecule is NC(=O)N1CCN(Cc2cncc(Br)c2)CC1. The molecule has 2 N–H and O–H groups in total. The van der Waals surface area contributed by atoms with Gasteiger partial charge in [0.05, 0.1) is 0 Å². The number of hydrogen-bond donors (Lipinski definition) is 1. The van der Waals surface area contributed by atoms with Gasteiger partial charge in [-0.25, -0.2) is 4.79 Å². The van der Waals surface area contributed by atoms with Gasteiger partial charge in [0, 0.05) is 49.6 Å². The van der Waals surface area contributed by atoms with Gasteiger partial charge in [0.2, 0.25) is 0 Å². The van der Waals surface area contributed by atoms with Gasteiger partial charge in [0.25, 0.3) is 0 Å². The molecule has 1 aromatic rings. The average molecular weight is 299 g/mol. The molecule has 5 nitrogen and oxygen atoms in total. The van der Waals surface area contributed by atoms with Crippen LogP contribution in [0.4, 0.5) is 4.79 Å². The monoisotopic (exact) mass is 298 g/mol. The third kappa shape index (κ3) is 3.41. The van der Waals surface area contributed by atoms with Crippen molar-refractivity contribution in [2.75, 3.05) is 26.2 Å². The normalized spacial score (nSPS) is 17.1.